The molecule has 4 nitrogen and oxygen atoms in total. The molecule has 2 aromatic rings. The first-order chi connectivity index (χ1) is 14.2. The Morgan fingerprint density at radius 2 is 1.06 bits per heavy atom. The molecule has 2 aliphatic heterocycles. The summed E-state index contributed by atoms with van der Waals surface area (Å²) in [4.78, 5) is 23.4. The number of hydrogen-bond donors (Lipinski definition) is 0. The SMILES string of the molecule is Cc1c(C)c(C)c2c(c1C)OC(=O)C2(C)C.Cc1c(C)c(C)c2c(c1C)OC(=O)C2C. The van der Waals surface area contributed by atoms with Gasteiger partial charge in [0, 0.05) is 11.1 Å². The average Bonchev–Trinajstić information content (AvgIpc) is 3.14. The first kappa shape index (κ1) is 23.1. The standard InChI is InChI=1S/C14H18O2.C13H16O2/c1-7-8(2)10(4)12-11(9(7)3)14(5,6)13(15)16-12;1-6-7(2)9(4)12-11(8(6)3)10(5)13(14)15-12/h1-6H3;10H,1-5H3. The molecule has 0 spiro atoms. The van der Waals surface area contributed by atoms with Crippen LogP contribution in [0, 0.1) is 55.4 Å². The van der Waals surface area contributed by atoms with Crippen LogP contribution in [0.4, 0.5) is 0 Å². The number of carbonyl (C=O) groups excluding carboxylic acids is 2. The van der Waals surface area contributed by atoms with E-state index in [9.17, 15) is 9.59 Å². The fourth-order valence-corrected chi connectivity index (χ4v) is 4.75. The van der Waals surface area contributed by atoms with Crippen molar-refractivity contribution in [3.63, 3.8) is 0 Å². The zero-order chi connectivity index (χ0) is 23.6. The maximum absolute atomic E-state index is 11.9. The number of hydrogen-bond acceptors (Lipinski definition) is 4. The summed E-state index contributed by atoms with van der Waals surface area (Å²) in [6, 6.07) is 0. The van der Waals surface area contributed by atoms with Crippen molar-refractivity contribution in [3.05, 3.63) is 55.6 Å². The number of rotatable bonds is 0. The van der Waals surface area contributed by atoms with E-state index in [4.69, 9.17) is 9.47 Å². The molecule has 4 heteroatoms. The lowest BCUT2D eigenvalue weighted by molar-refractivity contribution is -0.137. The molecular formula is C27H34O4. The minimum atomic E-state index is -0.511. The molecule has 4 rings (SSSR count). The molecule has 1 atom stereocenters. The van der Waals surface area contributed by atoms with Gasteiger partial charge in [0.15, 0.2) is 0 Å². The average molecular weight is 423 g/mol. The highest BCUT2D eigenvalue weighted by molar-refractivity contribution is 5.91. The Balaban J connectivity index is 0.000000176. The minimum absolute atomic E-state index is 0.113. The van der Waals surface area contributed by atoms with Crippen LogP contribution in [-0.2, 0) is 15.0 Å². The van der Waals surface area contributed by atoms with E-state index in [1.54, 1.807) is 0 Å². The highest BCUT2D eigenvalue weighted by Gasteiger charge is 2.43. The summed E-state index contributed by atoms with van der Waals surface area (Å²) in [5.41, 5.74) is 11.2. The molecule has 31 heavy (non-hydrogen) atoms. The van der Waals surface area contributed by atoms with E-state index in [2.05, 4.69) is 41.5 Å². The van der Waals surface area contributed by atoms with E-state index in [0.29, 0.717) is 0 Å². The van der Waals surface area contributed by atoms with E-state index in [-0.39, 0.29) is 17.9 Å². The molecular weight excluding hydrogens is 388 g/mol. The van der Waals surface area contributed by atoms with Crippen LogP contribution in [-0.4, -0.2) is 11.9 Å². The molecule has 0 fully saturated rings. The van der Waals surface area contributed by atoms with Gasteiger partial charge in [-0.15, -0.1) is 0 Å². The van der Waals surface area contributed by atoms with Gasteiger partial charge in [0.05, 0.1) is 11.3 Å². The summed E-state index contributed by atoms with van der Waals surface area (Å²) in [7, 11) is 0. The highest BCUT2D eigenvalue weighted by Crippen LogP contribution is 2.46. The Hall–Kier alpha value is -2.62. The van der Waals surface area contributed by atoms with Crippen LogP contribution in [0.2, 0.25) is 0 Å². The van der Waals surface area contributed by atoms with Gasteiger partial charge < -0.3 is 9.47 Å². The van der Waals surface area contributed by atoms with Crippen LogP contribution in [0.15, 0.2) is 0 Å². The van der Waals surface area contributed by atoms with Gasteiger partial charge in [-0.1, -0.05) is 0 Å². The van der Waals surface area contributed by atoms with Gasteiger partial charge in [0.25, 0.3) is 0 Å². The molecule has 0 bridgehead atoms. The molecule has 0 radical (unpaired) electrons. The molecule has 0 amide bonds. The summed E-state index contributed by atoms with van der Waals surface area (Å²) >= 11 is 0. The monoisotopic (exact) mass is 422 g/mol. The second-order valence-electron chi connectivity index (χ2n) is 9.60. The predicted molar refractivity (Wildman–Crippen MR) is 123 cm³/mol. The lowest BCUT2D eigenvalue weighted by Gasteiger charge is -2.19. The Morgan fingerprint density at radius 3 is 1.61 bits per heavy atom. The number of fused-ring (bicyclic) bond motifs is 2. The van der Waals surface area contributed by atoms with Gasteiger partial charge in [0.1, 0.15) is 11.5 Å². The third-order valence-electron chi connectivity index (χ3n) is 7.63. The summed E-state index contributed by atoms with van der Waals surface area (Å²) in [6.07, 6.45) is 0. The van der Waals surface area contributed by atoms with Crippen LogP contribution in [0.25, 0.3) is 0 Å². The van der Waals surface area contributed by atoms with Crippen LogP contribution in [0.1, 0.15) is 82.3 Å². The number of esters is 2. The van der Waals surface area contributed by atoms with Crippen molar-refractivity contribution in [2.75, 3.05) is 0 Å². The first-order valence-corrected chi connectivity index (χ1v) is 10.9. The van der Waals surface area contributed by atoms with Crippen molar-refractivity contribution in [2.24, 2.45) is 0 Å². The van der Waals surface area contributed by atoms with Crippen molar-refractivity contribution in [2.45, 2.75) is 87.5 Å². The van der Waals surface area contributed by atoms with Gasteiger partial charge in [0.2, 0.25) is 0 Å². The fraction of sp³-hybridized carbons (Fsp3) is 0.481. The van der Waals surface area contributed by atoms with E-state index < -0.39 is 5.41 Å². The maximum atomic E-state index is 11.9. The van der Waals surface area contributed by atoms with Crippen LogP contribution < -0.4 is 9.47 Å². The molecule has 0 N–H and O–H groups in total. The van der Waals surface area contributed by atoms with Crippen molar-refractivity contribution in [1.29, 1.82) is 0 Å². The summed E-state index contributed by atoms with van der Waals surface area (Å²) < 4.78 is 10.8. The van der Waals surface area contributed by atoms with E-state index in [1.807, 2.05) is 34.6 Å². The molecule has 2 heterocycles. The summed E-state index contributed by atoms with van der Waals surface area (Å²) in [5, 5.41) is 0. The van der Waals surface area contributed by atoms with Crippen molar-refractivity contribution in [3.8, 4) is 11.5 Å². The Kier molecular flexibility index (Phi) is 5.58. The number of ether oxygens (including phenoxy) is 2. The van der Waals surface area contributed by atoms with Crippen molar-refractivity contribution in [1.82, 2.24) is 0 Å². The minimum Gasteiger partial charge on any atom is -0.425 e. The molecule has 2 aromatic carbocycles. The maximum Gasteiger partial charge on any atom is 0.321 e. The van der Waals surface area contributed by atoms with Gasteiger partial charge in [-0.25, -0.2) is 0 Å². The van der Waals surface area contributed by atoms with Crippen molar-refractivity contribution >= 4 is 11.9 Å². The quantitative estimate of drug-likeness (QED) is 0.382. The normalized spacial score (nSPS) is 18.1. The third-order valence-corrected chi connectivity index (χ3v) is 7.63. The molecule has 0 aliphatic carbocycles. The van der Waals surface area contributed by atoms with Crippen molar-refractivity contribution < 1.29 is 19.1 Å². The number of carbonyl (C=O) groups is 2. The molecule has 0 saturated carbocycles. The topological polar surface area (TPSA) is 52.6 Å². The highest BCUT2D eigenvalue weighted by atomic mass is 16.5. The first-order valence-electron chi connectivity index (χ1n) is 10.9. The lowest BCUT2D eigenvalue weighted by Crippen LogP contribution is -2.26. The predicted octanol–water partition coefficient (Wildman–Crippen LogP) is 6.06. The van der Waals surface area contributed by atoms with E-state index in [1.165, 1.54) is 33.4 Å². The van der Waals surface area contributed by atoms with Crippen LogP contribution >= 0.6 is 0 Å². The van der Waals surface area contributed by atoms with Gasteiger partial charge in [-0.2, -0.15) is 0 Å². The van der Waals surface area contributed by atoms with Gasteiger partial charge in [-0.3, -0.25) is 9.59 Å². The largest absolute Gasteiger partial charge is 0.425 e. The van der Waals surface area contributed by atoms with Gasteiger partial charge in [-0.05, 0) is 121 Å². The van der Waals surface area contributed by atoms with Crippen LogP contribution in [0.3, 0.4) is 0 Å². The zero-order valence-electron chi connectivity index (χ0n) is 20.7. The Labute approximate surface area is 186 Å². The van der Waals surface area contributed by atoms with E-state index >= 15 is 0 Å². The lowest BCUT2D eigenvalue weighted by atomic mass is 9.80. The smallest absolute Gasteiger partial charge is 0.321 e. The third kappa shape index (κ3) is 3.28. The zero-order valence-corrected chi connectivity index (χ0v) is 20.7. The summed E-state index contributed by atoms with van der Waals surface area (Å²) in [5.74, 6) is 1.21. The molecule has 0 saturated heterocycles. The number of benzene rings is 2. The second-order valence-corrected chi connectivity index (χ2v) is 9.60. The molecule has 2 aliphatic rings. The fourth-order valence-electron chi connectivity index (χ4n) is 4.75. The molecule has 166 valence electrons. The molecule has 0 aromatic heterocycles. The second kappa shape index (κ2) is 7.51. The van der Waals surface area contributed by atoms with Gasteiger partial charge >= 0.3 is 11.9 Å². The summed E-state index contributed by atoms with van der Waals surface area (Å²) in [6.45, 7) is 22.3. The Morgan fingerprint density at radius 1 is 0.613 bits per heavy atom. The van der Waals surface area contributed by atoms with Crippen LogP contribution in [0.5, 0.6) is 11.5 Å². The Bertz CT molecular complexity index is 1140. The molecule has 1 unspecified atom stereocenters. The van der Waals surface area contributed by atoms with E-state index in [0.717, 1.165) is 33.8 Å².